The number of benzene rings is 2. The maximum Gasteiger partial charge on any atom is 0.410 e. The van der Waals surface area contributed by atoms with Crippen molar-refractivity contribution in [3.8, 4) is 16.9 Å². The number of esters is 1. The Labute approximate surface area is 159 Å². The molecule has 1 amide bonds. The summed E-state index contributed by atoms with van der Waals surface area (Å²) >= 11 is 2.07. The van der Waals surface area contributed by atoms with Crippen molar-refractivity contribution in [2.24, 2.45) is 0 Å². The molecule has 1 aliphatic carbocycles. The SMILES string of the molecule is CN1C(=O)OCC2c3ccccc3-c3cccc(c32)OC(=O)[C@H]1CI. The van der Waals surface area contributed by atoms with Gasteiger partial charge in [-0.05, 0) is 22.8 Å². The van der Waals surface area contributed by atoms with Crippen molar-refractivity contribution in [1.82, 2.24) is 4.90 Å². The smallest absolute Gasteiger partial charge is 0.410 e. The number of fused-ring (bicyclic) bond motifs is 3. The standard InChI is InChI=1S/C19H16INO4/c1-21-15(9-20)18(22)25-16-8-4-7-13-11-5-2-3-6-12(11)14(17(13)16)10-24-19(21)23/h2-8,14-15H,9-10H2,1H3/t14?,15-/m1/s1. The Kier molecular flexibility index (Phi) is 4.15. The van der Waals surface area contributed by atoms with E-state index in [4.69, 9.17) is 9.47 Å². The largest absolute Gasteiger partial charge is 0.448 e. The van der Waals surface area contributed by atoms with E-state index >= 15 is 0 Å². The molecule has 2 aromatic carbocycles. The quantitative estimate of drug-likeness (QED) is 0.289. The molecule has 1 unspecified atom stereocenters. The van der Waals surface area contributed by atoms with Crippen molar-refractivity contribution >= 4 is 34.7 Å². The third kappa shape index (κ3) is 2.59. The van der Waals surface area contributed by atoms with Crippen LogP contribution in [-0.4, -0.2) is 41.1 Å². The molecular formula is C19H16INO4. The van der Waals surface area contributed by atoms with Crippen LogP contribution in [0, 0.1) is 0 Å². The van der Waals surface area contributed by atoms with E-state index < -0.39 is 18.1 Å². The number of hydrogen-bond acceptors (Lipinski definition) is 4. The Bertz CT molecular complexity index is 866. The van der Waals surface area contributed by atoms with Crippen molar-refractivity contribution < 1.29 is 19.1 Å². The number of likely N-dealkylation sites (N-methyl/N-ethyl adjacent to an activating group) is 1. The second-order valence-electron chi connectivity index (χ2n) is 6.14. The summed E-state index contributed by atoms with van der Waals surface area (Å²) in [6, 6.07) is 13.1. The number of cyclic esters (lactones) is 1. The summed E-state index contributed by atoms with van der Waals surface area (Å²) in [6.45, 7) is 0.218. The maximum absolute atomic E-state index is 12.6. The van der Waals surface area contributed by atoms with Crippen LogP contribution in [0.15, 0.2) is 42.5 Å². The molecule has 2 aromatic rings. The highest BCUT2D eigenvalue weighted by Gasteiger charge is 2.37. The predicted molar refractivity (Wildman–Crippen MR) is 101 cm³/mol. The number of rotatable bonds is 1. The second-order valence-corrected chi connectivity index (χ2v) is 7.02. The van der Waals surface area contributed by atoms with Gasteiger partial charge in [0, 0.05) is 23.0 Å². The van der Waals surface area contributed by atoms with Crippen molar-refractivity contribution in [2.45, 2.75) is 12.0 Å². The molecule has 0 fully saturated rings. The molecule has 1 heterocycles. The molecular weight excluding hydrogens is 433 g/mol. The number of amides is 1. The Morgan fingerprint density at radius 3 is 2.68 bits per heavy atom. The molecule has 6 heteroatoms. The van der Waals surface area contributed by atoms with Gasteiger partial charge < -0.3 is 9.47 Å². The minimum atomic E-state index is -0.677. The molecule has 0 N–H and O–H groups in total. The van der Waals surface area contributed by atoms with E-state index in [9.17, 15) is 9.59 Å². The lowest BCUT2D eigenvalue weighted by Gasteiger charge is -2.27. The number of ether oxygens (including phenoxy) is 2. The normalized spacial score (nSPS) is 21.9. The maximum atomic E-state index is 12.6. The van der Waals surface area contributed by atoms with Gasteiger partial charge in [-0.15, -0.1) is 0 Å². The van der Waals surface area contributed by atoms with Crippen LogP contribution in [0.3, 0.4) is 0 Å². The molecule has 128 valence electrons. The van der Waals surface area contributed by atoms with Gasteiger partial charge in [-0.3, -0.25) is 4.90 Å². The number of nitrogens with zero attached hydrogens (tertiary/aromatic N) is 1. The van der Waals surface area contributed by atoms with Crippen molar-refractivity contribution in [3.63, 3.8) is 0 Å². The Morgan fingerprint density at radius 2 is 1.88 bits per heavy atom. The minimum Gasteiger partial charge on any atom is -0.448 e. The zero-order chi connectivity index (χ0) is 17.6. The van der Waals surface area contributed by atoms with Crippen molar-refractivity contribution in [2.75, 3.05) is 18.1 Å². The van der Waals surface area contributed by atoms with Gasteiger partial charge in [-0.1, -0.05) is 59.0 Å². The molecule has 2 atom stereocenters. The van der Waals surface area contributed by atoms with Crippen LogP contribution in [0.25, 0.3) is 11.1 Å². The first-order valence-corrected chi connectivity index (χ1v) is 9.54. The van der Waals surface area contributed by atoms with Crippen LogP contribution < -0.4 is 4.74 Å². The Morgan fingerprint density at radius 1 is 1.12 bits per heavy atom. The van der Waals surface area contributed by atoms with Crippen LogP contribution in [0.5, 0.6) is 5.75 Å². The van der Waals surface area contributed by atoms with Gasteiger partial charge in [0.2, 0.25) is 0 Å². The number of alkyl halides is 1. The van der Waals surface area contributed by atoms with Crippen LogP contribution >= 0.6 is 22.6 Å². The molecule has 0 saturated carbocycles. The van der Waals surface area contributed by atoms with E-state index in [0.29, 0.717) is 10.2 Å². The average Bonchev–Trinajstić information content (AvgIpc) is 2.94. The minimum absolute atomic E-state index is 0.135. The average molecular weight is 449 g/mol. The van der Waals surface area contributed by atoms with Gasteiger partial charge in [0.05, 0.1) is 0 Å². The fourth-order valence-electron chi connectivity index (χ4n) is 3.49. The first-order chi connectivity index (χ1) is 12.1. The predicted octanol–water partition coefficient (Wildman–Crippen LogP) is 3.59. The van der Waals surface area contributed by atoms with E-state index in [0.717, 1.165) is 22.3 Å². The van der Waals surface area contributed by atoms with E-state index in [2.05, 4.69) is 22.6 Å². The first kappa shape index (κ1) is 16.4. The summed E-state index contributed by atoms with van der Waals surface area (Å²) in [7, 11) is 1.56. The zero-order valence-corrected chi connectivity index (χ0v) is 15.7. The fourth-order valence-corrected chi connectivity index (χ4v) is 4.44. The topological polar surface area (TPSA) is 55.8 Å². The van der Waals surface area contributed by atoms with Gasteiger partial charge in [0.15, 0.2) is 0 Å². The van der Waals surface area contributed by atoms with E-state index in [1.54, 1.807) is 7.05 Å². The van der Waals surface area contributed by atoms with E-state index in [-0.39, 0.29) is 12.5 Å². The van der Waals surface area contributed by atoms with Crippen LogP contribution in [0.4, 0.5) is 4.79 Å². The monoisotopic (exact) mass is 449 g/mol. The van der Waals surface area contributed by atoms with Crippen LogP contribution in [0.2, 0.25) is 0 Å². The zero-order valence-electron chi connectivity index (χ0n) is 13.6. The summed E-state index contributed by atoms with van der Waals surface area (Å²) in [5.74, 6) is -0.0348. The van der Waals surface area contributed by atoms with Gasteiger partial charge in [0.1, 0.15) is 18.4 Å². The van der Waals surface area contributed by atoms with Gasteiger partial charge in [-0.25, -0.2) is 9.59 Å². The third-order valence-electron chi connectivity index (χ3n) is 4.80. The number of halogens is 1. The molecule has 4 rings (SSSR count). The lowest BCUT2D eigenvalue weighted by Crippen LogP contribution is -2.46. The van der Waals surface area contributed by atoms with Crippen molar-refractivity contribution in [3.05, 3.63) is 53.6 Å². The highest BCUT2D eigenvalue weighted by Crippen LogP contribution is 2.49. The molecule has 25 heavy (non-hydrogen) atoms. The summed E-state index contributed by atoms with van der Waals surface area (Å²) in [4.78, 5) is 26.3. The van der Waals surface area contributed by atoms with Crippen molar-refractivity contribution in [1.29, 1.82) is 0 Å². The third-order valence-corrected chi connectivity index (χ3v) is 5.63. The Hall–Kier alpha value is -2.09. The van der Waals surface area contributed by atoms with Gasteiger partial charge in [-0.2, -0.15) is 0 Å². The molecule has 0 radical (unpaired) electrons. The summed E-state index contributed by atoms with van der Waals surface area (Å²) in [5.41, 5.74) is 4.13. The number of carbonyl (C=O) groups is 2. The number of carbonyl (C=O) groups excluding carboxylic acids is 2. The summed E-state index contributed by atoms with van der Waals surface area (Å²) in [6.07, 6.45) is -0.510. The summed E-state index contributed by atoms with van der Waals surface area (Å²) in [5, 5.41) is 0. The molecule has 5 nitrogen and oxygen atoms in total. The molecule has 1 aliphatic heterocycles. The molecule has 0 saturated heterocycles. The highest BCUT2D eigenvalue weighted by molar-refractivity contribution is 14.1. The van der Waals surface area contributed by atoms with Crippen LogP contribution in [0.1, 0.15) is 17.0 Å². The van der Waals surface area contributed by atoms with Crippen LogP contribution in [-0.2, 0) is 9.53 Å². The van der Waals surface area contributed by atoms with E-state index in [1.807, 2.05) is 42.5 Å². The summed E-state index contributed by atoms with van der Waals surface area (Å²) < 4.78 is 11.7. The van der Waals surface area contributed by atoms with Gasteiger partial charge >= 0.3 is 12.1 Å². The fraction of sp³-hybridized carbons (Fsp3) is 0.263. The number of hydrogen-bond donors (Lipinski definition) is 0. The molecule has 0 bridgehead atoms. The second kappa shape index (κ2) is 6.33. The first-order valence-electron chi connectivity index (χ1n) is 8.01. The Balaban J connectivity index is 1.87. The molecule has 0 spiro atoms. The molecule has 0 aromatic heterocycles. The lowest BCUT2D eigenvalue weighted by molar-refractivity contribution is -0.138. The van der Waals surface area contributed by atoms with Gasteiger partial charge in [0.25, 0.3) is 0 Å². The lowest BCUT2D eigenvalue weighted by atomic mass is 9.97. The van der Waals surface area contributed by atoms with E-state index in [1.165, 1.54) is 4.90 Å². The highest BCUT2D eigenvalue weighted by atomic mass is 127. The molecule has 2 aliphatic rings.